The SMILES string of the molecule is NS(=O)(=O)c1nc(-c2ccc(I)cc2)n[nH]1. The molecule has 0 unspecified atom stereocenters. The average molecular weight is 350 g/mol. The molecule has 1 aromatic heterocycles. The molecule has 0 atom stereocenters. The Bertz CT molecular complexity index is 605. The number of benzene rings is 1. The normalized spacial score (nSPS) is 11.6. The number of aromatic nitrogens is 3. The number of nitrogens with two attached hydrogens (primary N) is 1. The van der Waals surface area contributed by atoms with Gasteiger partial charge < -0.3 is 0 Å². The molecule has 0 aliphatic heterocycles. The molecule has 0 aliphatic carbocycles. The van der Waals surface area contributed by atoms with Gasteiger partial charge in [-0.3, -0.25) is 0 Å². The quantitative estimate of drug-likeness (QED) is 0.780. The van der Waals surface area contributed by atoms with Gasteiger partial charge in [0, 0.05) is 9.13 Å². The van der Waals surface area contributed by atoms with E-state index in [1.165, 1.54) is 0 Å². The molecule has 0 amide bonds. The standard InChI is InChI=1S/C8H7IN4O2S/c9-6-3-1-5(2-4-6)7-11-8(13-12-7)16(10,14)15/h1-4H,(H2,10,14,15)(H,11,12,13). The predicted octanol–water partition coefficient (Wildman–Crippen LogP) is 0.724. The van der Waals surface area contributed by atoms with Crippen molar-refractivity contribution in [3.8, 4) is 11.4 Å². The summed E-state index contributed by atoms with van der Waals surface area (Å²) >= 11 is 2.17. The Balaban J connectivity index is 2.43. The van der Waals surface area contributed by atoms with Crippen molar-refractivity contribution < 1.29 is 8.42 Å². The lowest BCUT2D eigenvalue weighted by molar-refractivity contribution is 0.589. The molecule has 0 fully saturated rings. The molecule has 2 rings (SSSR count). The van der Waals surface area contributed by atoms with Crippen LogP contribution in [-0.2, 0) is 10.0 Å². The maximum Gasteiger partial charge on any atom is 0.273 e. The fraction of sp³-hybridized carbons (Fsp3) is 0. The highest BCUT2D eigenvalue weighted by Crippen LogP contribution is 2.16. The van der Waals surface area contributed by atoms with Crippen molar-refractivity contribution >= 4 is 32.6 Å². The smallest absolute Gasteiger partial charge is 0.248 e. The summed E-state index contributed by atoms with van der Waals surface area (Å²) in [7, 11) is -3.83. The number of nitrogens with one attached hydrogen (secondary N) is 1. The van der Waals surface area contributed by atoms with Crippen molar-refractivity contribution in [1.29, 1.82) is 0 Å². The van der Waals surface area contributed by atoms with Crippen molar-refractivity contribution in [2.45, 2.75) is 5.16 Å². The Hall–Kier alpha value is -1.00. The molecule has 8 heteroatoms. The maximum atomic E-state index is 11.0. The molecule has 0 spiro atoms. The molecule has 0 aliphatic rings. The first-order chi connectivity index (χ1) is 7.47. The Labute approximate surface area is 105 Å². The van der Waals surface area contributed by atoms with E-state index in [2.05, 4.69) is 37.8 Å². The molecular weight excluding hydrogens is 343 g/mol. The highest BCUT2D eigenvalue weighted by atomic mass is 127. The topological polar surface area (TPSA) is 102 Å². The van der Waals surface area contributed by atoms with E-state index < -0.39 is 10.0 Å². The molecule has 0 radical (unpaired) electrons. The van der Waals surface area contributed by atoms with Crippen LogP contribution in [0, 0.1) is 3.57 Å². The zero-order valence-electron chi connectivity index (χ0n) is 7.88. The minimum atomic E-state index is -3.83. The highest BCUT2D eigenvalue weighted by Gasteiger charge is 2.14. The summed E-state index contributed by atoms with van der Waals surface area (Å²) in [6, 6.07) is 7.36. The third kappa shape index (κ3) is 2.39. The fourth-order valence-electron chi connectivity index (χ4n) is 1.10. The van der Waals surface area contributed by atoms with Crippen molar-refractivity contribution in [2.24, 2.45) is 5.14 Å². The zero-order chi connectivity index (χ0) is 11.8. The largest absolute Gasteiger partial charge is 0.273 e. The molecule has 0 saturated heterocycles. The van der Waals surface area contributed by atoms with Crippen LogP contribution >= 0.6 is 22.6 Å². The number of H-pyrrole nitrogens is 1. The number of halogens is 1. The van der Waals surface area contributed by atoms with Gasteiger partial charge in [0.25, 0.3) is 15.2 Å². The summed E-state index contributed by atoms with van der Waals surface area (Å²) in [6.45, 7) is 0. The van der Waals surface area contributed by atoms with E-state index in [1.54, 1.807) is 12.1 Å². The number of rotatable bonds is 2. The van der Waals surface area contributed by atoms with E-state index in [0.29, 0.717) is 5.82 Å². The van der Waals surface area contributed by atoms with Gasteiger partial charge >= 0.3 is 0 Å². The maximum absolute atomic E-state index is 11.0. The van der Waals surface area contributed by atoms with Crippen LogP contribution in [0.3, 0.4) is 0 Å². The number of aromatic amines is 1. The fourth-order valence-corrected chi connectivity index (χ4v) is 1.85. The summed E-state index contributed by atoms with van der Waals surface area (Å²) in [5, 5.41) is 10.6. The molecule has 16 heavy (non-hydrogen) atoms. The average Bonchev–Trinajstić information content (AvgIpc) is 2.67. The summed E-state index contributed by atoms with van der Waals surface area (Å²) in [6.07, 6.45) is 0. The van der Waals surface area contributed by atoms with Crippen LogP contribution in [0.5, 0.6) is 0 Å². The van der Waals surface area contributed by atoms with Crippen molar-refractivity contribution in [3.05, 3.63) is 27.8 Å². The van der Waals surface area contributed by atoms with Gasteiger partial charge in [-0.2, -0.15) is 10.1 Å². The van der Waals surface area contributed by atoms with E-state index in [0.717, 1.165) is 9.13 Å². The van der Waals surface area contributed by atoms with E-state index in [9.17, 15) is 8.42 Å². The molecule has 1 aromatic carbocycles. The van der Waals surface area contributed by atoms with Crippen LogP contribution in [0.1, 0.15) is 0 Å². The number of hydrogen-bond donors (Lipinski definition) is 2. The molecule has 0 saturated carbocycles. The molecule has 3 N–H and O–H groups in total. The lowest BCUT2D eigenvalue weighted by Crippen LogP contribution is -2.13. The number of sulfonamides is 1. The highest BCUT2D eigenvalue weighted by molar-refractivity contribution is 14.1. The van der Waals surface area contributed by atoms with Crippen LogP contribution in [0.4, 0.5) is 0 Å². The second-order valence-corrected chi connectivity index (χ2v) is 5.74. The number of primary sulfonamides is 1. The Morgan fingerprint density at radius 1 is 1.25 bits per heavy atom. The molecule has 1 heterocycles. The minimum absolute atomic E-state index is 0.306. The molecule has 84 valence electrons. The van der Waals surface area contributed by atoms with E-state index >= 15 is 0 Å². The van der Waals surface area contributed by atoms with Crippen molar-refractivity contribution in [3.63, 3.8) is 0 Å². The third-order valence-corrected chi connectivity index (χ3v) is 3.28. The molecular formula is C8H7IN4O2S. The van der Waals surface area contributed by atoms with Crippen LogP contribution in [0.15, 0.2) is 29.4 Å². The van der Waals surface area contributed by atoms with Crippen LogP contribution in [0.2, 0.25) is 0 Å². The van der Waals surface area contributed by atoms with Crippen LogP contribution < -0.4 is 5.14 Å². The van der Waals surface area contributed by atoms with Gasteiger partial charge in [-0.25, -0.2) is 18.7 Å². The summed E-state index contributed by atoms with van der Waals surface area (Å²) in [5.41, 5.74) is 0.728. The van der Waals surface area contributed by atoms with Gasteiger partial charge in [0.05, 0.1) is 0 Å². The Morgan fingerprint density at radius 2 is 1.88 bits per heavy atom. The Morgan fingerprint density at radius 3 is 2.38 bits per heavy atom. The monoisotopic (exact) mass is 350 g/mol. The van der Waals surface area contributed by atoms with E-state index in [4.69, 9.17) is 5.14 Å². The number of hydrogen-bond acceptors (Lipinski definition) is 4. The second-order valence-electron chi connectivity index (χ2n) is 3.02. The zero-order valence-corrected chi connectivity index (χ0v) is 10.9. The predicted molar refractivity (Wildman–Crippen MR) is 65.9 cm³/mol. The van der Waals surface area contributed by atoms with Gasteiger partial charge in [0.1, 0.15) is 0 Å². The lowest BCUT2D eigenvalue weighted by Gasteiger charge is -1.94. The Kier molecular flexibility index (Phi) is 2.95. The van der Waals surface area contributed by atoms with Crippen molar-refractivity contribution in [1.82, 2.24) is 15.2 Å². The first-order valence-electron chi connectivity index (χ1n) is 4.18. The van der Waals surface area contributed by atoms with E-state index in [-0.39, 0.29) is 5.16 Å². The summed E-state index contributed by atoms with van der Waals surface area (Å²) < 4.78 is 23.0. The summed E-state index contributed by atoms with van der Waals surface area (Å²) in [5.74, 6) is 0.306. The van der Waals surface area contributed by atoms with Gasteiger partial charge in [0.15, 0.2) is 5.82 Å². The number of nitrogens with zero attached hydrogens (tertiary/aromatic N) is 2. The molecule has 6 nitrogen and oxygen atoms in total. The third-order valence-electron chi connectivity index (χ3n) is 1.84. The first kappa shape index (κ1) is 11.5. The summed E-state index contributed by atoms with van der Waals surface area (Å²) in [4.78, 5) is 3.80. The van der Waals surface area contributed by atoms with Gasteiger partial charge in [-0.05, 0) is 34.7 Å². The first-order valence-corrected chi connectivity index (χ1v) is 6.80. The van der Waals surface area contributed by atoms with Gasteiger partial charge in [-0.15, -0.1) is 0 Å². The minimum Gasteiger partial charge on any atom is -0.248 e. The van der Waals surface area contributed by atoms with Gasteiger partial charge in [-0.1, -0.05) is 12.1 Å². The van der Waals surface area contributed by atoms with Gasteiger partial charge in [0.2, 0.25) is 0 Å². The lowest BCUT2D eigenvalue weighted by atomic mass is 10.2. The van der Waals surface area contributed by atoms with Crippen LogP contribution in [-0.4, -0.2) is 23.6 Å². The van der Waals surface area contributed by atoms with Crippen molar-refractivity contribution in [2.75, 3.05) is 0 Å². The molecule has 2 aromatic rings. The van der Waals surface area contributed by atoms with E-state index in [1.807, 2.05) is 12.1 Å². The second kappa shape index (κ2) is 4.11. The molecule has 0 bridgehead atoms. The van der Waals surface area contributed by atoms with Crippen LogP contribution in [0.25, 0.3) is 11.4 Å².